The molecular formula is C8H6ClNO4. The number of esters is 1. The lowest BCUT2D eigenvalue weighted by molar-refractivity contribution is -0.131. The van der Waals surface area contributed by atoms with Gasteiger partial charge in [-0.15, -0.1) is 0 Å². The largest absolute Gasteiger partial charge is 0.478 e. The van der Waals surface area contributed by atoms with Crippen LogP contribution in [0.25, 0.3) is 0 Å². The van der Waals surface area contributed by atoms with Crippen molar-refractivity contribution in [3.8, 4) is 5.75 Å². The van der Waals surface area contributed by atoms with Crippen LogP contribution in [0.3, 0.4) is 0 Å². The Kier molecular flexibility index (Phi) is 3.03. The number of aromatic carboxylic acids is 1. The molecule has 1 N–H and O–H groups in total. The van der Waals surface area contributed by atoms with Crippen LogP contribution < -0.4 is 4.74 Å². The topological polar surface area (TPSA) is 76.5 Å². The third-order valence-electron chi connectivity index (χ3n) is 1.31. The van der Waals surface area contributed by atoms with Crippen LogP contribution in [0.4, 0.5) is 0 Å². The van der Waals surface area contributed by atoms with Crippen molar-refractivity contribution >= 4 is 23.5 Å². The second-order valence-corrected chi connectivity index (χ2v) is 2.77. The molecule has 6 heteroatoms. The Morgan fingerprint density at radius 2 is 2.21 bits per heavy atom. The van der Waals surface area contributed by atoms with Gasteiger partial charge in [0.1, 0.15) is 16.5 Å². The maximum absolute atomic E-state index is 10.6. The zero-order valence-corrected chi connectivity index (χ0v) is 7.91. The average molecular weight is 216 g/mol. The van der Waals surface area contributed by atoms with Gasteiger partial charge in [-0.3, -0.25) is 4.79 Å². The molecular weight excluding hydrogens is 210 g/mol. The highest BCUT2D eigenvalue weighted by Crippen LogP contribution is 2.19. The molecule has 1 aromatic rings. The lowest BCUT2D eigenvalue weighted by Gasteiger charge is -2.02. The SMILES string of the molecule is CC(=O)Oc1cnc(Cl)c(C(=O)O)c1. The second kappa shape index (κ2) is 4.06. The van der Waals surface area contributed by atoms with Gasteiger partial charge in [0.25, 0.3) is 0 Å². The van der Waals surface area contributed by atoms with Crippen LogP contribution in [0.15, 0.2) is 12.3 Å². The van der Waals surface area contributed by atoms with Crippen molar-refractivity contribution in [2.75, 3.05) is 0 Å². The first-order valence-corrected chi connectivity index (χ1v) is 3.95. The van der Waals surface area contributed by atoms with Gasteiger partial charge in [-0.25, -0.2) is 9.78 Å². The van der Waals surface area contributed by atoms with Crippen LogP contribution in [-0.2, 0) is 4.79 Å². The van der Waals surface area contributed by atoms with E-state index in [-0.39, 0.29) is 16.5 Å². The van der Waals surface area contributed by atoms with E-state index in [1.54, 1.807) is 0 Å². The molecule has 0 saturated heterocycles. The summed E-state index contributed by atoms with van der Waals surface area (Å²) in [7, 11) is 0. The Hall–Kier alpha value is -1.62. The summed E-state index contributed by atoms with van der Waals surface area (Å²) in [6, 6.07) is 1.14. The maximum atomic E-state index is 10.6. The zero-order valence-electron chi connectivity index (χ0n) is 7.15. The summed E-state index contributed by atoms with van der Waals surface area (Å²) in [6.07, 6.45) is 1.18. The number of carboxylic acids is 1. The van der Waals surface area contributed by atoms with Gasteiger partial charge >= 0.3 is 11.9 Å². The maximum Gasteiger partial charge on any atom is 0.338 e. The van der Waals surface area contributed by atoms with Gasteiger partial charge in [0.2, 0.25) is 0 Å². The number of nitrogens with zero attached hydrogens (tertiary/aromatic N) is 1. The molecule has 0 fully saturated rings. The molecule has 0 unspecified atom stereocenters. The van der Waals surface area contributed by atoms with E-state index in [2.05, 4.69) is 9.72 Å². The summed E-state index contributed by atoms with van der Waals surface area (Å²) in [6.45, 7) is 1.20. The molecule has 0 aromatic carbocycles. The van der Waals surface area contributed by atoms with E-state index in [9.17, 15) is 9.59 Å². The van der Waals surface area contributed by atoms with E-state index < -0.39 is 11.9 Å². The number of halogens is 1. The minimum absolute atomic E-state index is 0.0549. The van der Waals surface area contributed by atoms with E-state index in [1.165, 1.54) is 13.1 Å². The molecule has 0 amide bonds. The monoisotopic (exact) mass is 215 g/mol. The molecule has 0 bridgehead atoms. The first kappa shape index (κ1) is 10.5. The van der Waals surface area contributed by atoms with Crippen molar-refractivity contribution in [1.29, 1.82) is 0 Å². The molecule has 1 heterocycles. The summed E-state index contributed by atoms with van der Waals surface area (Å²) in [5, 5.41) is 8.51. The van der Waals surface area contributed by atoms with Crippen molar-refractivity contribution in [3.63, 3.8) is 0 Å². The summed E-state index contributed by atoms with van der Waals surface area (Å²) >= 11 is 5.50. The first-order valence-electron chi connectivity index (χ1n) is 3.58. The summed E-state index contributed by atoms with van der Waals surface area (Å²) < 4.78 is 4.64. The van der Waals surface area contributed by atoms with Crippen LogP contribution in [-0.4, -0.2) is 22.0 Å². The Labute approximate surface area is 84.3 Å². The normalized spacial score (nSPS) is 9.57. The van der Waals surface area contributed by atoms with Crippen molar-refractivity contribution in [2.24, 2.45) is 0 Å². The van der Waals surface area contributed by atoms with Crippen molar-refractivity contribution in [3.05, 3.63) is 23.0 Å². The standard InChI is InChI=1S/C8H6ClNO4/c1-4(11)14-5-2-6(8(12)13)7(9)10-3-5/h2-3H,1H3,(H,12,13). The Morgan fingerprint density at radius 3 is 2.71 bits per heavy atom. The van der Waals surface area contributed by atoms with Crippen molar-refractivity contribution < 1.29 is 19.4 Å². The lowest BCUT2D eigenvalue weighted by atomic mass is 10.3. The van der Waals surface area contributed by atoms with Crippen molar-refractivity contribution in [2.45, 2.75) is 6.92 Å². The number of carbonyl (C=O) groups is 2. The van der Waals surface area contributed by atoms with E-state index >= 15 is 0 Å². The number of pyridine rings is 1. The van der Waals surface area contributed by atoms with Gasteiger partial charge in [0, 0.05) is 13.0 Å². The molecule has 0 saturated carbocycles. The predicted molar refractivity (Wildman–Crippen MR) is 47.5 cm³/mol. The predicted octanol–water partition coefficient (Wildman–Crippen LogP) is 1.36. The fourth-order valence-electron chi connectivity index (χ4n) is 0.801. The molecule has 0 aliphatic heterocycles. The highest BCUT2D eigenvalue weighted by Gasteiger charge is 2.11. The van der Waals surface area contributed by atoms with Crippen LogP contribution in [0.5, 0.6) is 5.75 Å². The van der Waals surface area contributed by atoms with Crippen molar-refractivity contribution in [1.82, 2.24) is 4.98 Å². The summed E-state index contributed by atoms with van der Waals surface area (Å²) in [4.78, 5) is 24.7. The summed E-state index contributed by atoms with van der Waals surface area (Å²) in [5.41, 5.74) is -0.203. The van der Waals surface area contributed by atoms with E-state index in [0.717, 1.165) is 6.07 Å². The van der Waals surface area contributed by atoms with E-state index in [4.69, 9.17) is 16.7 Å². The Bertz CT molecular complexity index is 391. The minimum atomic E-state index is -1.23. The molecule has 74 valence electrons. The van der Waals surface area contributed by atoms with E-state index in [0.29, 0.717) is 0 Å². The highest BCUT2D eigenvalue weighted by molar-refractivity contribution is 6.32. The highest BCUT2D eigenvalue weighted by atomic mass is 35.5. The quantitative estimate of drug-likeness (QED) is 0.595. The van der Waals surface area contributed by atoms with Crippen LogP contribution in [0, 0.1) is 0 Å². The Balaban J connectivity index is 3.06. The molecule has 0 aliphatic rings. The third kappa shape index (κ3) is 2.43. The number of hydrogen-bond donors (Lipinski definition) is 1. The molecule has 0 spiro atoms. The van der Waals surface area contributed by atoms with Gasteiger partial charge in [-0.1, -0.05) is 11.6 Å². The molecule has 0 aliphatic carbocycles. The third-order valence-corrected chi connectivity index (χ3v) is 1.61. The fraction of sp³-hybridized carbons (Fsp3) is 0.125. The molecule has 0 atom stereocenters. The van der Waals surface area contributed by atoms with Crippen LogP contribution in [0.2, 0.25) is 5.15 Å². The van der Waals surface area contributed by atoms with Crippen LogP contribution in [0.1, 0.15) is 17.3 Å². The minimum Gasteiger partial charge on any atom is -0.478 e. The van der Waals surface area contributed by atoms with Gasteiger partial charge in [-0.05, 0) is 0 Å². The number of ether oxygens (including phenoxy) is 1. The number of carbonyl (C=O) groups excluding carboxylic acids is 1. The fourth-order valence-corrected chi connectivity index (χ4v) is 0.985. The number of carboxylic acid groups (broad SMARTS) is 1. The lowest BCUT2D eigenvalue weighted by Crippen LogP contribution is -2.05. The number of hydrogen-bond acceptors (Lipinski definition) is 4. The zero-order chi connectivity index (χ0) is 10.7. The second-order valence-electron chi connectivity index (χ2n) is 2.41. The van der Waals surface area contributed by atoms with Gasteiger partial charge < -0.3 is 9.84 Å². The number of aromatic nitrogens is 1. The van der Waals surface area contributed by atoms with Gasteiger partial charge in [0.05, 0.1) is 6.20 Å². The van der Waals surface area contributed by atoms with E-state index in [1.807, 2.05) is 0 Å². The molecule has 0 radical (unpaired) electrons. The smallest absolute Gasteiger partial charge is 0.338 e. The molecule has 1 rings (SSSR count). The van der Waals surface area contributed by atoms with Crippen LogP contribution >= 0.6 is 11.6 Å². The number of rotatable bonds is 2. The molecule has 1 aromatic heterocycles. The molecule has 5 nitrogen and oxygen atoms in total. The van der Waals surface area contributed by atoms with Gasteiger partial charge in [0.15, 0.2) is 0 Å². The molecule has 14 heavy (non-hydrogen) atoms. The summed E-state index contributed by atoms with van der Waals surface area (Å²) in [5.74, 6) is -1.72. The van der Waals surface area contributed by atoms with Gasteiger partial charge in [-0.2, -0.15) is 0 Å². The Morgan fingerprint density at radius 1 is 1.57 bits per heavy atom. The first-order chi connectivity index (χ1) is 6.50. The average Bonchev–Trinajstić information content (AvgIpc) is 2.07.